The van der Waals surface area contributed by atoms with Crippen molar-refractivity contribution in [3.63, 3.8) is 0 Å². The quantitative estimate of drug-likeness (QED) is 0.560. The van der Waals surface area contributed by atoms with E-state index in [0.717, 1.165) is 9.26 Å². The van der Waals surface area contributed by atoms with E-state index in [-0.39, 0.29) is 11.9 Å². The average molecular weight is 391 g/mol. The van der Waals surface area contributed by atoms with Gasteiger partial charge in [-0.15, -0.1) is 0 Å². The molecular formula is C18H15FIN. The highest BCUT2D eigenvalue weighted by molar-refractivity contribution is 14.1. The molecule has 1 atom stereocenters. The van der Waals surface area contributed by atoms with Crippen LogP contribution in [0.5, 0.6) is 0 Å². The average Bonchev–Trinajstić information content (AvgIpc) is 2.49. The molecule has 0 aliphatic heterocycles. The minimum atomic E-state index is -0.205. The van der Waals surface area contributed by atoms with Crippen LogP contribution in [0.3, 0.4) is 0 Å². The Bertz CT molecular complexity index is 785. The Kier molecular flexibility index (Phi) is 4.10. The fraction of sp³-hybridized carbons (Fsp3) is 0.111. The Labute approximate surface area is 137 Å². The van der Waals surface area contributed by atoms with Gasteiger partial charge < -0.3 is 5.32 Å². The molecular weight excluding hydrogens is 376 g/mol. The molecule has 0 spiro atoms. The second-order valence-corrected chi connectivity index (χ2v) is 6.26. The minimum Gasteiger partial charge on any atom is -0.378 e. The summed E-state index contributed by atoms with van der Waals surface area (Å²) in [6.07, 6.45) is 0. The summed E-state index contributed by atoms with van der Waals surface area (Å²) in [5.41, 5.74) is 2.17. The maximum atomic E-state index is 13.1. The topological polar surface area (TPSA) is 12.0 Å². The van der Waals surface area contributed by atoms with Gasteiger partial charge >= 0.3 is 0 Å². The van der Waals surface area contributed by atoms with Gasteiger partial charge in [0.2, 0.25) is 0 Å². The van der Waals surface area contributed by atoms with Crippen LogP contribution in [0.15, 0.2) is 60.7 Å². The van der Waals surface area contributed by atoms with E-state index in [0.29, 0.717) is 0 Å². The Hall–Kier alpha value is -1.62. The molecule has 3 rings (SSSR count). The first kappa shape index (κ1) is 14.3. The first-order chi connectivity index (χ1) is 10.1. The highest BCUT2D eigenvalue weighted by atomic mass is 127. The first-order valence-corrected chi connectivity index (χ1v) is 7.91. The summed E-state index contributed by atoms with van der Waals surface area (Å²) in [6, 6.07) is 19.8. The van der Waals surface area contributed by atoms with Crippen molar-refractivity contribution in [3.05, 3.63) is 75.6 Å². The zero-order valence-electron chi connectivity index (χ0n) is 11.6. The third-order valence-electron chi connectivity index (χ3n) is 3.58. The van der Waals surface area contributed by atoms with Gasteiger partial charge in [-0.1, -0.05) is 36.4 Å². The molecule has 0 heterocycles. The van der Waals surface area contributed by atoms with Crippen molar-refractivity contribution in [2.45, 2.75) is 13.0 Å². The smallest absolute Gasteiger partial charge is 0.124 e. The molecule has 0 fully saturated rings. The first-order valence-electron chi connectivity index (χ1n) is 6.84. The van der Waals surface area contributed by atoms with Gasteiger partial charge in [0.15, 0.2) is 0 Å². The van der Waals surface area contributed by atoms with Gasteiger partial charge in [-0.3, -0.25) is 0 Å². The van der Waals surface area contributed by atoms with Crippen molar-refractivity contribution < 1.29 is 4.39 Å². The van der Waals surface area contributed by atoms with Crippen molar-refractivity contribution in [1.82, 2.24) is 0 Å². The lowest BCUT2D eigenvalue weighted by atomic mass is 10.0. The number of hydrogen-bond donors (Lipinski definition) is 1. The predicted octanol–water partition coefficient (Wildman–Crippen LogP) is 5.76. The Morgan fingerprint density at radius 3 is 2.48 bits per heavy atom. The number of anilines is 1. The molecule has 0 aliphatic rings. The summed E-state index contributed by atoms with van der Waals surface area (Å²) in [5, 5.41) is 5.92. The molecule has 0 radical (unpaired) electrons. The van der Waals surface area contributed by atoms with Crippen LogP contribution >= 0.6 is 22.6 Å². The molecule has 21 heavy (non-hydrogen) atoms. The minimum absolute atomic E-state index is 0.161. The fourth-order valence-electron chi connectivity index (χ4n) is 2.40. The van der Waals surface area contributed by atoms with Crippen molar-refractivity contribution in [1.29, 1.82) is 0 Å². The zero-order valence-corrected chi connectivity index (χ0v) is 13.8. The third-order valence-corrected chi connectivity index (χ3v) is 4.47. The van der Waals surface area contributed by atoms with E-state index in [1.165, 1.54) is 28.5 Å². The van der Waals surface area contributed by atoms with Crippen LogP contribution in [-0.4, -0.2) is 0 Å². The highest BCUT2D eigenvalue weighted by Crippen LogP contribution is 2.26. The summed E-state index contributed by atoms with van der Waals surface area (Å²) in [6.45, 7) is 2.11. The Morgan fingerprint density at radius 1 is 0.952 bits per heavy atom. The lowest BCUT2D eigenvalue weighted by molar-refractivity contribution is 0.627. The van der Waals surface area contributed by atoms with E-state index in [4.69, 9.17) is 0 Å². The molecule has 3 aromatic rings. The maximum Gasteiger partial charge on any atom is 0.124 e. The Morgan fingerprint density at radius 2 is 1.71 bits per heavy atom. The van der Waals surface area contributed by atoms with E-state index in [9.17, 15) is 4.39 Å². The van der Waals surface area contributed by atoms with E-state index in [2.05, 4.69) is 65.2 Å². The maximum absolute atomic E-state index is 13.1. The van der Waals surface area contributed by atoms with Crippen molar-refractivity contribution in [3.8, 4) is 0 Å². The molecule has 0 aliphatic carbocycles. The zero-order chi connectivity index (χ0) is 14.8. The van der Waals surface area contributed by atoms with Gasteiger partial charge in [0, 0.05) is 15.3 Å². The molecule has 0 saturated heterocycles. The second-order valence-electron chi connectivity index (χ2n) is 5.10. The number of benzene rings is 3. The van der Waals surface area contributed by atoms with E-state index < -0.39 is 0 Å². The normalized spacial score (nSPS) is 12.3. The standard InChI is InChI=1S/C18H15FIN/c1-12(21-18-9-8-16(19)11-17(18)20)14-7-6-13-4-2-3-5-15(13)10-14/h2-12,21H,1H3. The monoisotopic (exact) mass is 391 g/mol. The highest BCUT2D eigenvalue weighted by Gasteiger charge is 2.08. The molecule has 1 unspecified atom stereocenters. The molecule has 0 amide bonds. The van der Waals surface area contributed by atoms with Gasteiger partial charge in [0.05, 0.1) is 0 Å². The fourth-order valence-corrected chi connectivity index (χ4v) is 3.03. The molecule has 0 bridgehead atoms. The number of fused-ring (bicyclic) bond motifs is 1. The van der Waals surface area contributed by atoms with Gasteiger partial charge in [0.25, 0.3) is 0 Å². The van der Waals surface area contributed by atoms with Gasteiger partial charge in [0.1, 0.15) is 5.82 Å². The molecule has 0 aromatic heterocycles. The number of hydrogen-bond acceptors (Lipinski definition) is 1. The number of rotatable bonds is 3. The largest absolute Gasteiger partial charge is 0.378 e. The summed E-state index contributed by atoms with van der Waals surface area (Å²) in [7, 11) is 0. The van der Waals surface area contributed by atoms with E-state index in [1.807, 2.05) is 12.1 Å². The van der Waals surface area contributed by atoms with Crippen LogP contribution < -0.4 is 5.32 Å². The van der Waals surface area contributed by atoms with Gasteiger partial charge in [-0.05, 0) is 70.1 Å². The lowest BCUT2D eigenvalue weighted by Gasteiger charge is -2.17. The van der Waals surface area contributed by atoms with Crippen LogP contribution in [0.25, 0.3) is 10.8 Å². The lowest BCUT2D eigenvalue weighted by Crippen LogP contribution is -2.07. The van der Waals surface area contributed by atoms with Crippen molar-refractivity contribution in [2.24, 2.45) is 0 Å². The predicted molar refractivity (Wildman–Crippen MR) is 95.1 cm³/mol. The SMILES string of the molecule is CC(Nc1ccc(F)cc1I)c1ccc2ccccc2c1. The molecule has 106 valence electrons. The number of nitrogens with one attached hydrogen (secondary N) is 1. The van der Waals surface area contributed by atoms with Crippen LogP contribution in [0.1, 0.15) is 18.5 Å². The van der Waals surface area contributed by atoms with Crippen molar-refractivity contribution >= 4 is 39.1 Å². The second kappa shape index (κ2) is 6.02. The van der Waals surface area contributed by atoms with Gasteiger partial charge in [-0.25, -0.2) is 4.39 Å². The third kappa shape index (κ3) is 3.18. The van der Waals surface area contributed by atoms with E-state index in [1.54, 1.807) is 6.07 Å². The Balaban J connectivity index is 1.87. The van der Waals surface area contributed by atoms with Crippen molar-refractivity contribution in [2.75, 3.05) is 5.32 Å². The molecule has 3 heteroatoms. The number of halogens is 2. The van der Waals surface area contributed by atoms with E-state index >= 15 is 0 Å². The van der Waals surface area contributed by atoms with Gasteiger partial charge in [-0.2, -0.15) is 0 Å². The summed E-state index contributed by atoms with van der Waals surface area (Å²) in [5.74, 6) is -0.205. The molecule has 3 aromatic carbocycles. The van der Waals surface area contributed by atoms with Crippen LogP contribution in [0.4, 0.5) is 10.1 Å². The molecule has 1 N–H and O–H groups in total. The summed E-state index contributed by atoms with van der Waals surface area (Å²) in [4.78, 5) is 0. The summed E-state index contributed by atoms with van der Waals surface area (Å²) >= 11 is 2.15. The van der Waals surface area contributed by atoms with Crippen LogP contribution in [0.2, 0.25) is 0 Å². The summed E-state index contributed by atoms with van der Waals surface area (Å²) < 4.78 is 14.0. The molecule has 0 saturated carbocycles. The molecule has 1 nitrogen and oxygen atoms in total. The van der Waals surface area contributed by atoms with Crippen LogP contribution in [0, 0.1) is 9.39 Å². The van der Waals surface area contributed by atoms with Crippen LogP contribution in [-0.2, 0) is 0 Å².